The SMILES string of the molecule is CCOc1ccc2nc(SCC(C)C(=N)N)[nH]c2c1. The van der Waals surface area contributed by atoms with E-state index in [4.69, 9.17) is 15.9 Å². The van der Waals surface area contributed by atoms with Gasteiger partial charge in [-0.05, 0) is 19.1 Å². The summed E-state index contributed by atoms with van der Waals surface area (Å²) in [5.74, 6) is 1.85. The normalized spacial score (nSPS) is 12.5. The molecule has 0 saturated heterocycles. The Bertz CT molecular complexity index is 581. The number of rotatable bonds is 6. The Morgan fingerprint density at radius 2 is 2.37 bits per heavy atom. The molecule has 0 amide bonds. The maximum atomic E-state index is 7.37. The molecule has 2 aromatic rings. The lowest BCUT2D eigenvalue weighted by molar-refractivity contribution is 0.340. The standard InChI is InChI=1S/C13H18N4OS/c1-3-18-9-4-5-10-11(6-9)17-13(16-10)19-7-8(2)12(14)15/h4-6,8H,3,7H2,1-2H3,(H3,14,15)(H,16,17). The lowest BCUT2D eigenvalue weighted by Gasteiger charge is -2.06. The van der Waals surface area contributed by atoms with Crippen molar-refractivity contribution < 1.29 is 4.74 Å². The van der Waals surface area contributed by atoms with E-state index in [-0.39, 0.29) is 11.8 Å². The Labute approximate surface area is 116 Å². The van der Waals surface area contributed by atoms with Gasteiger partial charge in [-0.25, -0.2) is 4.98 Å². The first kappa shape index (κ1) is 13.7. The van der Waals surface area contributed by atoms with Crippen LogP contribution in [0.15, 0.2) is 23.4 Å². The number of benzene rings is 1. The third-order valence-electron chi connectivity index (χ3n) is 2.74. The van der Waals surface area contributed by atoms with Crippen LogP contribution in [0, 0.1) is 11.3 Å². The molecule has 2 rings (SSSR count). The number of aromatic nitrogens is 2. The molecule has 1 aromatic carbocycles. The average molecular weight is 278 g/mol. The van der Waals surface area contributed by atoms with Crippen LogP contribution >= 0.6 is 11.8 Å². The zero-order valence-electron chi connectivity index (χ0n) is 11.1. The van der Waals surface area contributed by atoms with Crippen molar-refractivity contribution in [2.45, 2.75) is 19.0 Å². The fourth-order valence-corrected chi connectivity index (χ4v) is 2.52. The minimum absolute atomic E-state index is 0.0530. The van der Waals surface area contributed by atoms with Gasteiger partial charge in [0.1, 0.15) is 5.75 Å². The Kier molecular flexibility index (Phi) is 4.31. The van der Waals surface area contributed by atoms with E-state index in [1.54, 1.807) is 11.8 Å². The van der Waals surface area contributed by atoms with Crippen LogP contribution in [-0.2, 0) is 0 Å². The Morgan fingerprint density at radius 1 is 1.58 bits per heavy atom. The number of hydrogen-bond donors (Lipinski definition) is 3. The van der Waals surface area contributed by atoms with Gasteiger partial charge in [-0.1, -0.05) is 18.7 Å². The van der Waals surface area contributed by atoms with Crippen LogP contribution in [0.3, 0.4) is 0 Å². The first-order chi connectivity index (χ1) is 9.10. The summed E-state index contributed by atoms with van der Waals surface area (Å²) in [6.45, 7) is 4.55. The number of thioether (sulfide) groups is 1. The monoisotopic (exact) mass is 278 g/mol. The molecule has 0 fully saturated rings. The van der Waals surface area contributed by atoms with Gasteiger partial charge in [0.25, 0.3) is 0 Å². The minimum atomic E-state index is 0.0530. The van der Waals surface area contributed by atoms with E-state index in [0.29, 0.717) is 6.61 Å². The van der Waals surface area contributed by atoms with E-state index in [1.165, 1.54) is 0 Å². The van der Waals surface area contributed by atoms with E-state index in [2.05, 4.69) is 9.97 Å². The molecule has 1 aromatic heterocycles. The molecular formula is C13H18N4OS. The summed E-state index contributed by atoms with van der Waals surface area (Å²) < 4.78 is 5.45. The van der Waals surface area contributed by atoms with Gasteiger partial charge in [-0.15, -0.1) is 0 Å². The third-order valence-corrected chi connectivity index (χ3v) is 3.88. The number of ether oxygens (including phenoxy) is 1. The summed E-state index contributed by atoms with van der Waals surface area (Å²) in [6, 6.07) is 5.80. The molecular weight excluding hydrogens is 260 g/mol. The molecule has 0 aliphatic rings. The first-order valence-electron chi connectivity index (χ1n) is 6.19. The summed E-state index contributed by atoms with van der Waals surface area (Å²) in [5.41, 5.74) is 7.33. The predicted octanol–water partition coefficient (Wildman–Crippen LogP) is 2.63. The number of imidazole rings is 1. The number of hydrogen-bond acceptors (Lipinski definition) is 4. The van der Waals surface area contributed by atoms with Gasteiger partial charge < -0.3 is 15.5 Å². The Balaban J connectivity index is 2.10. The topological polar surface area (TPSA) is 87.8 Å². The van der Waals surface area contributed by atoms with E-state index < -0.39 is 0 Å². The van der Waals surface area contributed by atoms with Gasteiger partial charge in [-0.2, -0.15) is 0 Å². The van der Waals surface area contributed by atoms with Crippen LogP contribution in [0.4, 0.5) is 0 Å². The van der Waals surface area contributed by atoms with Crippen molar-refractivity contribution in [3.05, 3.63) is 18.2 Å². The number of nitrogens with two attached hydrogens (primary N) is 1. The molecule has 0 aliphatic carbocycles. The largest absolute Gasteiger partial charge is 0.494 e. The highest BCUT2D eigenvalue weighted by Gasteiger charge is 2.09. The zero-order valence-corrected chi connectivity index (χ0v) is 11.9. The summed E-state index contributed by atoms with van der Waals surface area (Å²) >= 11 is 1.57. The lowest BCUT2D eigenvalue weighted by Crippen LogP contribution is -2.21. The molecule has 102 valence electrons. The number of nitrogens with one attached hydrogen (secondary N) is 2. The van der Waals surface area contributed by atoms with Gasteiger partial charge in [0.15, 0.2) is 5.16 Å². The van der Waals surface area contributed by atoms with Crippen molar-refractivity contribution in [3.8, 4) is 5.75 Å². The maximum absolute atomic E-state index is 7.37. The smallest absolute Gasteiger partial charge is 0.166 e. The highest BCUT2D eigenvalue weighted by Crippen LogP contribution is 2.24. The van der Waals surface area contributed by atoms with Gasteiger partial charge in [0, 0.05) is 17.7 Å². The summed E-state index contributed by atoms with van der Waals surface area (Å²) in [4.78, 5) is 7.74. The van der Waals surface area contributed by atoms with Gasteiger partial charge in [0.05, 0.1) is 23.5 Å². The maximum Gasteiger partial charge on any atom is 0.166 e. The van der Waals surface area contributed by atoms with Crippen LogP contribution < -0.4 is 10.5 Å². The van der Waals surface area contributed by atoms with Gasteiger partial charge >= 0.3 is 0 Å². The van der Waals surface area contributed by atoms with E-state index in [0.717, 1.165) is 27.7 Å². The molecule has 4 N–H and O–H groups in total. The van der Waals surface area contributed by atoms with Crippen LogP contribution in [0.25, 0.3) is 11.0 Å². The lowest BCUT2D eigenvalue weighted by atomic mass is 10.2. The zero-order chi connectivity index (χ0) is 13.8. The number of aromatic amines is 1. The summed E-state index contributed by atoms with van der Waals surface area (Å²) in [6.07, 6.45) is 0. The van der Waals surface area contributed by atoms with Crippen molar-refractivity contribution in [3.63, 3.8) is 0 Å². The Morgan fingerprint density at radius 3 is 3.05 bits per heavy atom. The molecule has 6 heteroatoms. The van der Waals surface area contributed by atoms with E-state index in [9.17, 15) is 0 Å². The fraction of sp³-hybridized carbons (Fsp3) is 0.385. The molecule has 0 radical (unpaired) electrons. The van der Waals surface area contributed by atoms with Crippen molar-refractivity contribution in [2.24, 2.45) is 11.7 Å². The van der Waals surface area contributed by atoms with Crippen molar-refractivity contribution in [1.29, 1.82) is 5.41 Å². The molecule has 19 heavy (non-hydrogen) atoms. The van der Waals surface area contributed by atoms with E-state index in [1.807, 2.05) is 32.0 Å². The molecule has 0 spiro atoms. The summed E-state index contributed by atoms with van der Waals surface area (Å²) in [5, 5.41) is 8.21. The third kappa shape index (κ3) is 3.41. The number of amidine groups is 1. The second-order valence-electron chi connectivity index (χ2n) is 4.32. The molecule has 1 heterocycles. The van der Waals surface area contributed by atoms with Crippen LogP contribution in [0.1, 0.15) is 13.8 Å². The number of nitrogens with zero attached hydrogens (tertiary/aromatic N) is 1. The highest BCUT2D eigenvalue weighted by atomic mass is 32.2. The Hall–Kier alpha value is -1.69. The highest BCUT2D eigenvalue weighted by molar-refractivity contribution is 7.99. The predicted molar refractivity (Wildman–Crippen MR) is 79.1 cm³/mol. The minimum Gasteiger partial charge on any atom is -0.494 e. The summed E-state index contributed by atoms with van der Waals surface area (Å²) in [7, 11) is 0. The number of H-pyrrole nitrogens is 1. The molecule has 0 bridgehead atoms. The van der Waals surface area contributed by atoms with Crippen molar-refractivity contribution in [1.82, 2.24) is 9.97 Å². The second-order valence-corrected chi connectivity index (χ2v) is 5.33. The van der Waals surface area contributed by atoms with Crippen molar-refractivity contribution in [2.75, 3.05) is 12.4 Å². The molecule has 0 saturated carbocycles. The molecule has 5 nitrogen and oxygen atoms in total. The fourth-order valence-electron chi connectivity index (χ4n) is 1.58. The quantitative estimate of drug-likeness (QED) is 0.430. The number of fused-ring (bicyclic) bond motifs is 1. The van der Waals surface area contributed by atoms with Gasteiger partial charge in [0.2, 0.25) is 0 Å². The first-order valence-corrected chi connectivity index (χ1v) is 7.18. The van der Waals surface area contributed by atoms with Crippen molar-refractivity contribution >= 4 is 28.6 Å². The van der Waals surface area contributed by atoms with Crippen LogP contribution in [0.2, 0.25) is 0 Å². The molecule has 1 unspecified atom stereocenters. The average Bonchev–Trinajstić information content (AvgIpc) is 2.78. The second kappa shape index (κ2) is 5.97. The van der Waals surface area contributed by atoms with E-state index >= 15 is 0 Å². The van der Waals surface area contributed by atoms with Crippen LogP contribution in [-0.4, -0.2) is 28.2 Å². The molecule has 0 aliphatic heterocycles. The molecule has 1 atom stereocenters. The van der Waals surface area contributed by atoms with Gasteiger partial charge in [-0.3, -0.25) is 5.41 Å². The van der Waals surface area contributed by atoms with Crippen LogP contribution in [0.5, 0.6) is 5.75 Å².